The van der Waals surface area contributed by atoms with Crippen molar-refractivity contribution in [1.82, 2.24) is 0 Å². The molecule has 0 aliphatic heterocycles. The number of esters is 1. The summed E-state index contributed by atoms with van der Waals surface area (Å²) in [4.78, 5) is 26.5. The molecule has 0 bridgehead atoms. The molecule has 33 heavy (non-hydrogen) atoms. The quantitative estimate of drug-likeness (QED) is 0.478. The maximum Gasteiger partial charge on any atom is 0.303 e. The van der Waals surface area contributed by atoms with Gasteiger partial charge in [0, 0.05) is 23.3 Å². The first-order valence-corrected chi connectivity index (χ1v) is 13.6. The lowest BCUT2D eigenvalue weighted by Crippen LogP contribution is -2.57. The Morgan fingerprint density at radius 1 is 1.09 bits per heavy atom. The first-order chi connectivity index (χ1) is 15.5. The molecule has 4 nitrogen and oxygen atoms in total. The van der Waals surface area contributed by atoms with E-state index in [0.29, 0.717) is 36.0 Å². The number of hydrogen-bond donors (Lipinski definition) is 1. The summed E-state index contributed by atoms with van der Waals surface area (Å²) >= 11 is 0. The molecule has 4 heteroatoms. The van der Waals surface area contributed by atoms with Crippen LogP contribution < -0.4 is 0 Å². The van der Waals surface area contributed by atoms with E-state index >= 15 is 0 Å². The summed E-state index contributed by atoms with van der Waals surface area (Å²) in [6, 6.07) is 0. The van der Waals surface area contributed by atoms with Gasteiger partial charge in [-0.05, 0) is 74.5 Å². The predicted molar refractivity (Wildman–Crippen MR) is 130 cm³/mol. The molecule has 0 heterocycles. The van der Waals surface area contributed by atoms with E-state index in [1.165, 1.54) is 31.8 Å². The Bertz CT molecular complexity index is 812. The molecule has 4 aliphatic rings. The van der Waals surface area contributed by atoms with Crippen molar-refractivity contribution in [2.24, 2.45) is 40.4 Å². The minimum Gasteiger partial charge on any atom is -0.454 e. The fourth-order valence-electron chi connectivity index (χ4n) is 8.71. The number of allylic oxidation sites excluding steroid dienone is 1. The van der Waals surface area contributed by atoms with Gasteiger partial charge in [0.25, 0.3) is 0 Å². The van der Waals surface area contributed by atoms with E-state index in [4.69, 9.17) is 4.74 Å². The molecule has 0 radical (unpaired) electrons. The summed E-state index contributed by atoms with van der Waals surface area (Å²) in [6.45, 7) is 12.8. The minimum atomic E-state index is -0.687. The Balaban J connectivity index is 1.73. The van der Waals surface area contributed by atoms with Crippen molar-refractivity contribution in [3.05, 3.63) is 11.1 Å². The van der Waals surface area contributed by atoms with E-state index in [0.717, 1.165) is 44.1 Å². The molecular formula is C29H46O4. The van der Waals surface area contributed by atoms with Crippen LogP contribution in [0, 0.1) is 40.4 Å². The molecule has 0 saturated heterocycles. The third kappa shape index (κ3) is 4.13. The van der Waals surface area contributed by atoms with Gasteiger partial charge in [0.15, 0.2) is 6.10 Å². The second-order valence-electron chi connectivity index (χ2n) is 12.7. The lowest BCUT2D eigenvalue weighted by atomic mass is 9.49. The smallest absolute Gasteiger partial charge is 0.303 e. The fourth-order valence-corrected chi connectivity index (χ4v) is 8.71. The van der Waals surface area contributed by atoms with Gasteiger partial charge in [-0.15, -0.1) is 0 Å². The molecule has 4 rings (SSSR count). The number of rotatable bonds is 6. The van der Waals surface area contributed by atoms with E-state index in [-0.39, 0.29) is 28.7 Å². The van der Waals surface area contributed by atoms with Crippen LogP contribution in [0.15, 0.2) is 11.1 Å². The normalized spacial score (nSPS) is 41.5. The Morgan fingerprint density at radius 2 is 1.82 bits per heavy atom. The molecule has 0 spiro atoms. The topological polar surface area (TPSA) is 63.6 Å². The van der Waals surface area contributed by atoms with Crippen LogP contribution in [0.2, 0.25) is 0 Å². The standard InChI is InChI=1S/C29H46O4/c1-17(2)8-7-9-18(3)23-14-15-24-22-13-11-20-10-12-21(31)16-28(20,5)25(22)26(32)27(29(23,24)6)33-19(4)30/h17-18,20-21,23-24,27,31H,7-16H2,1-6H3/t18-,20?,21?,23-,24+,27+,28+,29-/m1/s1. The zero-order valence-corrected chi connectivity index (χ0v) is 21.8. The SMILES string of the molecule is CC(=O)O[C@H]1C(=O)C2=C(CCC3CCC(O)C[C@]23C)[C@@H]2CC[C@H]([C@H](C)CCCC(C)C)[C@]21C. The number of aliphatic hydroxyl groups excluding tert-OH is 1. The second kappa shape index (κ2) is 9.13. The molecule has 0 aromatic rings. The van der Waals surface area contributed by atoms with Crippen molar-refractivity contribution >= 4 is 11.8 Å². The van der Waals surface area contributed by atoms with Gasteiger partial charge in [-0.1, -0.05) is 59.5 Å². The second-order valence-corrected chi connectivity index (χ2v) is 12.7. The summed E-state index contributed by atoms with van der Waals surface area (Å²) in [5, 5.41) is 10.6. The van der Waals surface area contributed by atoms with E-state index in [9.17, 15) is 14.7 Å². The summed E-state index contributed by atoms with van der Waals surface area (Å²) in [5.74, 6) is 2.07. The van der Waals surface area contributed by atoms with E-state index < -0.39 is 6.10 Å². The highest BCUT2D eigenvalue weighted by atomic mass is 16.5. The van der Waals surface area contributed by atoms with Crippen LogP contribution in [0.5, 0.6) is 0 Å². The number of fused-ring (bicyclic) bond motifs is 4. The van der Waals surface area contributed by atoms with Crippen molar-refractivity contribution < 1.29 is 19.4 Å². The third-order valence-electron chi connectivity index (χ3n) is 10.3. The number of hydrogen-bond acceptors (Lipinski definition) is 4. The molecule has 2 saturated carbocycles. The minimum absolute atomic E-state index is 0.0570. The molecule has 0 aromatic carbocycles. The molecule has 4 aliphatic carbocycles. The van der Waals surface area contributed by atoms with Gasteiger partial charge in [-0.25, -0.2) is 0 Å². The number of Topliss-reactive ketones (excluding diaryl/α,β-unsaturated/α-hetero) is 1. The van der Waals surface area contributed by atoms with Crippen molar-refractivity contribution in [3.8, 4) is 0 Å². The zero-order chi connectivity index (χ0) is 24.1. The number of carbonyl (C=O) groups excluding carboxylic acids is 2. The molecule has 0 aromatic heterocycles. The Hall–Kier alpha value is -1.16. The Kier molecular flexibility index (Phi) is 6.90. The van der Waals surface area contributed by atoms with Gasteiger partial charge < -0.3 is 9.84 Å². The lowest BCUT2D eigenvalue weighted by molar-refractivity contribution is -0.167. The van der Waals surface area contributed by atoms with Gasteiger partial charge in [0.1, 0.15) is 0 Å². The molecule has 2 unspecified atom stereocenters. The van der Waals surface area contributed by atoms with Gasteiger partial charge in [0.2, 0.25) is 5.78 Å². The molecule has 0 amide bonds. The van der Waals surface area contributed by atoms with E-state index in [1.54, 1.807) is 0 Å². The zero-order valence-electron chi connectivity index (χ0n) is 21.8. The monoisotopic (exact) mass is 458 g/mol. The van der Waals surface area contributed by atoms with Gasteiger partial charge in [-0.3, -0.25) is 9.59 Å². The first-order valence-electron chi connectivity index (χ1n) is 13.6. The van der Waals surface area contributed by atoms with Crippen molar-refractivity contribution in [2.75, 3.05) is 0 Å². The molecule has 2 fully saturated rings. The van der Waals surface area contributed by atoms with Gasteiger partial charge >= 0.3 is 5.97 Å². The maximum absolute atomic E-state index is 14.3. The lowest BCUT2D eigenvalue weighted by Gasteiger charge is -2.56. The molecule has 8 atom stereocenters. The summed E-state index contributed by atoms with van der Waals surface area (Å²) in [6.07, 6.45) is 9.38. The number of carbonyl (C=O) groups is 2. The van der Waals surface area contributed by atoms with Gasteiger partial charge in [-0.2, -0.15) is 0 Å². The largest absolute Gasteiger partial charge is 0.454 e. The van der Waals surface area contributed by atoms with Crippen LogP contribution in [0.3, 0.4) is 0 Å². The van der Waals surface area contributed by atoms with Crippen molar-refractivity contribution in [1.29, 1.82) is 0 Å². The highest BCUT2D eigenvalue weighted by Gasteiger charge is 2.64. The van der Waals surface area contributed by atoms with Crippen LogP contribution in [0.4, 0.5) is 0 Å². The van der Waals surface area contributed by atoms with E-state index in [1.807, 2.05) is 0 Å². The maximum atomic E-state index is 14.3. The summed E-state index contributed by atoms with van der Waals surface area (Å²) < 4.78 is 5.96. The highest BCUT2D eigenvalue weighted by molar-refractivity contribution is 6.03. The Labute approximate surface area is 200 Å². The molecule has 186 valence electrons. The van der Waals surface area contributed by atoms with Crippen molar-refractivity contribution in [3.63, 3.8) is 0 Å². The fraction of sp³-hybridized carbons (Fsp3) is 0.862. The number of aliphatic hydroxyl groups is 1. The van der Waals surface area contributed by atoms with Gasteiger partial charge in [0.05, 0.1) is 6.10 Å². The summed E-state index contributed by atoms with van der Waals surface area (Å²) in [5.41, 5.74) is 1.69. The summed E-state index contributed by atoms with van der Waals surface area (Å²) in [7, 11) is 0. The van der Waals surface area contributed by atoms with Crippen molar-refractivity contribution in [2.45, 2.75) is 118 Å². The average Bonchev–Trinajstić information content (AvgIpc) is 3.07. The van der Waals surface area contributed by atoms with Crippen LogP contribution in [-0.2, 0) is 14.3 Å². The van der Waals surface area contributed by atoms with Crippen LogP contribution in [-0.4, -0.2) is 29.1 Å². The Morgan fingerprint density at radius 3 is 2.48 bits per heavy atom. The molecular weight excluding hydrogens is 412 g/mol. The third-order valence-corrected chi connectivity index (χ3v) is 10.3. The van der Waals surface area contributed by atoms with Crippen LogP contribution in [0.1, 0.15) is 106 Å². The molecule has 1 N–H and O–H groups in total. The van der Waals surface area contributed by atoms with Crippen LogP contribution in [0.25, 0.3) is 0 Å². The number of ketones is 1. The van der Waals surface area contributed by atoms with E-state index in [2.05, 4.69) is 34.6 Å². The van der Waals surface area contributed by atoms with Crippen LogP contribution >= 0.6 is 0 Å². The number of ether oxygens (including phenoxy) is 1. The predicted octanol–water partition coefficient (Wildman–Crippen LogP) is 6.25. The average molecular weight is 459 g/mol. The highest BCUT2D eigenvalue weighted by Crippen LogP contribution is 2.65. The first kappa shape index (κ1) is 24.9.